The summed E-state index contributed by atoms with van der Waals surface area (Å²) in [4.78, 5) is 18.0. The highest BCUT2D eigenvalue weighted by Gasteiger charge is 1.94. The van der Waals surface area contributed by atoms with Gasteiger partial charge in [-0.1, -0.05) is 12.1 Å². The van der Waals surface area contributed by atoms with Gasteiger partial charge in [-0.2, -0.15) is 0 Å². The van der Waals surface area contributed by atoms with E-state index >= 15 is 0 Å². The molecular formula is C15H26N2O5. The molecule has 0 aliphatic carbocycles. The van der Waals surface area contributed by atoms with E-state index in [0.29, 0.717) is 19.7 Å². The van der Waals surface area contributed by atoms with Gasteiger partial charge in [0.15, 0.2) is 0 Å². The van der Waals surface area contributed by atoms with Gasteiger partial charge in [0, 0.05) is 13.8 Å². The smallest absolute Gasteiger partial charge is 0.300 e. The van der Waals surface area contributed by atoms with Crippen molar-refractivity contribution >= 4 is 11.9 Å². The monoisotopic (exact) mass is 314 g/mol. The van der Waals surface area contributed by atoms with Crippen molar-refractivity contribution in [1.82, 2.24) is 0 Å². The fourth-order valence-corrected chi connectivity index (χ4v) is 1.19. The maximum Gasteiger partial charge on any atom is 0.300 e. The van der Waals surface area contributed by atoms with Crippen LogP contribution in [0.1, 0.15) is 25.8 Å². The Morgan fingerprint density at radius 2 is 1.45 bits per heavy atom. The van der Waals surface area contributed by atoms with E-state index in [9.17, 15) is 0 Å². The number of ether oxygens (including phenoxy) is 1. The molecule has 6 N–H and O–H groups in total. The summed E-state index contributed by atoms with van der Waals surface area (Å²) in [7, 11) is 0. The van der Waals surface area contributed by atoms with Crippen molar-refractivity contribution < 1.29 is 24.5 Å². The fraction of sp³-hybridized carbons (Fsp3) is 0.467. The first-order valence-corrected chi connectivity index (χ1v) is 6.84. The summed E-state index contributed by atoms with van der Waals surface area (Å²) in [6.07, 6.45) is 1.81. The summed E-state index contributed by atoms with van der Waals surface area (Å²) in [5.74, 6) is -0.765. The van der Waals surface area contributed by atoms with Crippen LogP contribution in [0.3, 0.4) is 0 Å². The molecule has 7 heteroatoms. The molecule has 126 valence electrons. The molecule has 0 bridgehead atoms. The van der Waals surface area contributed by atoms with Crippen molar-refractivity contribution in [1.29, 1.82) is 0 Å². The third kappa shape index (κ3) is 20.2. The van der Waals surface area contributed by atoms with E-state index < -0.39 is 11.9 Å². The number of carboxylic acid groups (broad SMARTS) is 2. The maximum atomic E-state index is 9.00. The molecule has 0 saturated heterocycles. The molecule has 0 atom stereocenters. The molecule has 0 unspecified atom stereocenters. The van der Waals surface area contributed by atoms with Crippen LogP contribution in [0.4, 0.5) is 0 Å². The SMILES string of the molecule is CC(=O)O.CC(=O)O.NCCCOc1ccc(CCN)cc1. The summed E-state index contributed by atoms with van der Waals surface area (Å²) < 4.78 is 5.47. The Morgan fingerprint density at radius 1 is 1.00 bits per heavy atom. The fourth-order valence-electron chi connectivity index (χ4n) is 1.19. The quantitative estimate of drug-likeness (QED) is 0.577. The summed E-state index contributed by atoms with van der Waals surface area (Å²) in [5, 5.41) is 14.8. The van der Waals surface area contributed by atoms with Crippen molar-refractivity contribution in [3.8, 4) is 5.75 Å². The zero-order chi connectivity index (χ0) is 17.4. The molecule has 0 aliphatic heterocycles. The number of benzene rings is 1. The van der Waals surface area contributed by atoms with Crippen molar-refractivity contribution in [2.24, 2.45) is 11.5 Å². The van der Waals surface area contributed by atoms with Crippen molar-refractivity contribution in [2.45, 2.75) is 26.7 Å². The van der Waals surface area contributed by atoms with Crippen LogP contribution < -0.4 is 16.2 Å². The van der Waals surface area contributed by atoms with Gasteiger partial charge in [-0.25, -0.2) is 0 Å². The molecule has 1 aromatic rings. The lowest BCUT2D eigenvalue weighted by Gasteiger charge is -2.05. The van der Waals surface area contributed by atoms with E-state index in [1.165, 1.54) is 5.56 Å². The highest BCUT2D eigenvalue weighted by molar-refractivity contribution is 5.63. The van der Waals surface area contributed by atoms with Gasteiger partial charge in [0.05, 0.1) is 6.61 Å². The van der Waals surface area contributed by atoms with Crippen molar-refractivity contribution in [3.05, 3.63) is 29.8 Å². The van der Waals surface area contributed by atoms with Crippen LogP contribution in [0.25, 0.3) is 0 Å². The van der Waals surface area contributed by atoms with E-state index in [1.807, 2.05) is 24.3 Å². The third-order valence-corrected chi connectivity index (χ3v) is 1.97. The lowest BCUT2D eigenvalue weighted by Crippen LogP contribution is -2.06. The van der Waals surface area contributed by atoms with Gasteiger partial charge >= 0.3 is 0 Å². The lowest BCUT2D eigenvalue weighted by molar-refractivity contribution is -0.135. The molecule has 0 radical (unpaired) electrons. The largest absolute Gasteiger partial charge is 0.494 e. The second-order valence-corrected chi connectivity index (χ2v) is 4.21. The van der Waals surface area contributed by atoms with Gasteiger partial charge in [-0.3, -0.25) is 9.59 Å². The third-order valence-electron chi connectivity index (χ3n) is 1.97. The second kappa shape index (κ2) is 15.3. The van der Waals surface area contributed by atoms with Gasteiger partial charge in [0.2, 0.25) is 0 Å². The van der Waals surface area contributed by atoms with E-state index in [0.717, 1.165) is 32.4 Å². The predicted octanol–water partition coefficient (Wildman–Crippen LogP) is 1.10. The number of carbonyl (C=O) groups is 2. The molecular weight excluding hydrogens is 288 g/mol. The summed E-state index contributed by atoms with van der Waals surface area (Å²) >= 11 is 0. The van der Waals surface area contributed by atoms with Crippen LogP contribution in [-0.2, 0) is 16.0 Å². The number of carboxylic acids is 2. The highest BCUT2D eigenvalue weighted by atomic mass is 16.5. The van der Waals surface area contributed by atoms with E-state index in [1.54, 1.807) is 0 Å². The standard InChI is InChI=1S/C11H18N2O.2C2H4O2/c12-7-1-9-14-11-4-2-10(3-5-11)6-8-13;2*1-2(3)4/h2-5H,1,6-9,12-13H2;2*1H3,(H,3,4). The number of aliphatic carboxylic acids is 2. The Balaban J connectivity index is 0. The summed E-state index contributed by atoms with van der Waals surface area (Å²) in [6.45, 7) is 4.21. The second-order valence-electron chi connectivity index (χ2n) is 4.21. The van der Waals surface area contributed by atoms with Crippen LogP contribution in [0.5, 0.6) is 5.75 Å². The first-order valence-electron chi connectivity index (χ1n) is 6.84. The molecule has 22 heavy (non-hydrogen) atoms. The normalized spacial score (nSPS) is 8.73. The minimum atomic E-state index is -0.833. The summed E-state index contributed by atoms with van der Waals surface area (Å²) in [6, 6.07) is 8.04. The number of hydrogen-bond acceptors (Lipinski definition) is 5. The molecule has 7 nitrogen and oxygen atoms in total. The average Bonchev–Trinajstić information content (AvgIpc) is 2.40. The van der Waals surface area contributed by atoms with Gasteiger partial charge in [-0.15, -0.1) is 0 Å². The van der Waals surface area contributed by atoms with Crippen molar-refractivity contribution in [2.75, 3.05) is 19.7 Å². The molecule has 0 aromatic heterocycles. The zero-order valence-corrected chi connectivity index (χ0v) is 13.1. The molecule has 0 heterocycles. The molecule has 1 aromatic carbocycles. The van der Waals surface area contributed by atoms with E-state index in [2.05, 4.69) is 0 Å². The Kier molecular flexibility index (Phi) is 15.4. The Labute approximate surface area is 130 Å². The van der Waals surface area contributed by atoms with Crippen LogP contribution in [0, 0.1) is 0 Å². The first-order chi connectivity index (χ1) is 10.3. The summed E-state index contributed by atoms with van der Waals surface area (Å²) in [5.41, 5.74) is 12.1. The Bertz CT molecular complexity index is 387. The molecule has 0 saturated carbocycles. The minimum Gasteiger partial charge on any atom is -0.494 e. The number of rotatable bonds is 6. The average molecular weight is 314 g/mol. The van der Waals surface area contributed by atoms with Crippen LogP contribution in [-0.4, -0.2) is 41.8 Å². The van der Waals surface area contributed by atoms with Gasteiger partial charge in [0.1, 0.15) is 5.75 Å². The molecule has 0 spiro atoms. The number of nitrogens with two attached hydrogens (primary N) is 2. The maximum absolute atomic E-state index is 9.00. The Morgan fingerprint density at radius 3 is 1.82 bits per heavy atom. The van der Waals surface area contributed by atoms with Gasteiger partial charge < -0.3 is 26.4 Å². The zero-order valence-electron chi connectivity index (χ0n) is 13.1. The van der Waals surface area contributed by atoms with Crippen LogP contribution >= 0.6 is 0 Å². The first kappa shape index (κ1) is 22.2. The minimum absolute atomic E-state index is 0.672. The lowest BCUT2D eigenvalue weighted by atomic mass is 10.1. The van der Waals surface area contributed by atoms with Gasteiger partial charge in [-0.05, 0) is 43.6 Å². The van der Waals surface area contributed by atoms with Gasteiger partial charge in [0.25, 0.3) is 11.9 Å². The van der Waals surface area contributed by atoms with E-state index in [-0.39, 0.29) is 0 Å². The van der Waals surface area contributed by atoms with Crippen LogP contribution in [0.15, 0.2) is 24.3 Å². The molecule has 0 fully saturated rings. The Hall–Kier alpha value is -2.12. The number of hydrogen-bond donors (Lipinski definition) is 4. The topological polar surface area (TPSA) is 136 Å². The molecule has 0 amide bonds. The van der Waals surface area contributed by atoms with Crippen LogP contribution in [0.2, 0.25) is 0 Å². The molecule has 1 rings (SSSR count). The predicted molar refractivity (Wildman–Crippen MR) is 85.0 cm³/mol. The van der Waals surface area contributed by atoms with E-state index in [4.69, 9.17) is 36.0 Å². The molecule has 0 aliphatic rings. The van der Waals surface area contributed by atoms with Crippen molar-refractivity contribution in [3.63, 3.8) is 0 Å². The highest BCUT2D eigenvalue weighted by Crippen LogP contribution is 2.12.